The Morgan fingerprint density at radius 2 is 2.23 bits per heavy atom. The maximum atomic E-state index is 9.91. The van der Waals surface area contributed by atoms with Gasteiger partial charge in [-0.1, -0.05) is 0 Å². The molecule has 0 aliphatic heterocycles. The summed E-state index contributed by atoms with van der Waals surface area (Å²) < 4.78 is 0.980. The lowest BCUT2D eigenvalue weighted by Crippen LogP contribution is -2.38. The Morgan fingerprint density at radius 1 is 1.46 bits per heavy atom. The highest BCUT2D eigenvalue weighted by Crippen LogP contribution is 2.34. The van der Waals surface area contributed by atoms with Crippen LogP contribution in [-0.2, 0) is 6.42 Å². The third-order valence-corrected chi connectivity index (χ3v) is 3.01. The van der Waals surface area contributed by atoms with E-state index in [1.807, 2.05) is 12.3 Å². The second-order valence-electron chi connectivity index (χ2n) is 3.77. The van der Waals surface area contributed by atoms with E-state index >= 15 is 0 Å². The van der Waals surface area contributed by atoms with Crippen molar-refractivity contribution in [3.63, 3.8) is 0 Å². The van der Waals surface area contributed by atoms with Gasteiger partial charge in [-0.2, -0.15) is 0 Å². The number of aliphatic hydroxyl groups is 1. The molecule has 0 saturated heterocycles. The first-order chi connectivity index (χ1) is 6.18. The van der Waals surface area contributed by atoms with Crippen LogP contribution in [0.15, 0.2) is 22.9 Å². The number of hydrogen-bond donors (Lipinski definition) is 1. The molecule has 1 aliphatic carbocycles. The molecule has 0 spiro atoms. The van der Waals surface area contributed by atoms with Crippen molar-refractivity contribution in [2.24, 2.45) is 0 Å². The van der Waals surface area contributed by atoms with Crippen LogP contribution in [0.5, 0.6) is 0 Å². The topological polar surface area (TPSA) is 33.1 Å². The monoisotopic (exact) mass is 241 g/mol. The van der Waals surface area contributed by atoms with E-state index in [0.717, 1.165) is 35.7 Å². The smallest absolute Gasteiger partial charge is 0.0688 e. The molecule has 1 N–H and O–H groups in total. The minimum atomic E-state index is -0.442. The zero-order valence-electron chi connectivity index (χ0n) is 7.33. The van der Waals surface area contributed by atoms with Crippen LogP contribution in [0.4, 0.5) is 0 Å². The predicted octanol–water partition coefficient (Wildman–Crippen LogP) is 2.30. The second kappa shape index (κ2) is 3.39. The first-order valence-electron chi connectivity index (χ1n) is 4.50. The molecule has 13 heavy (non-hydrogen) atoms. The molecule has 1 heterocycles. The maximum absolute atomic E-state index is 9.91. The summed E-state index contributed by atoms with van der Waals surface area (Å²) in [6.07, 6.45) is 7.33. The maximum Gasteiger partial charge on any atom is 0.0688 e. The first-order valence-corrected chi connectivity index (χ1v) is 5.29. The molecule has 0 unspecified atom stereocenters. The Balaban J connectivity index is 2.09. The van der Waals surface area contributed by atoms with Crippen LogP contribution < -0.4 is 0 Å². The summed E-state index contributed by atoms with van der Waals surface area (Å²) in [6, 6.07) is 2.02. The fourth-order valence-electron chi connectivity index (χ4n) is 1.69. The Morgan fingerprint density at radius 3 is 2.77 bits per heavy atom. The van der Waals surface area contributed by atoms with Gasteiger partial charge in [-0.05, 0) is 46.8 Å². The van der Waals surface area contributed by atoms with Crippen molar-refractivity contribution in [2.75, 3.05) is 0 Å². The molecule has 0 atom stereocenters. The fraction of sp³-hybridized carbons (Fsp3) is 0.500. The average molecular weight is 242 g/mol. The normalized spacial score (nSPS) is 19.5. The van der Waals surface area contributed by atoms with E-state index in [1.54, 1.807) is 6.20 Å². The van der Waals surface area contributed by atoms with Gasteiger partial charge in [-0.15, -0.1) is 0 Å². The van der Waals surface area contributed by atoms with E-state index in [4.69, 9.17) is 0 Å². The molecular formula is C10H12BrNO. The zero-order valence-corrected chi connectivity index (χ0v) is 8.92. The van der Waals surface area contributed by atoms with Crippen molar-refractivity contribution in [3.05, 3.63) is 28.5 Å². The van der Waals surface area contributed by atoms with Crippen molar-refractivity contribution >= 4 is 15.9 Å². The van der Waals surface area contributed by atoms with Gasteiger partial charge in [0.1, 0.15) is 0 Å². The molecule has 0 bridgehead atoms. The van der Waals surface area contributed by atoms with E-state index in [-0.39, 0.29) is 0 Å². The van der Waals surface area contributed by atoms with Gasteiger partial charge >= 0.3 is 0 Å². The summed E-state index contributed by atoms with van der Waals surface area (Å²) in [7, 11) is 0. The quantitative estimate of drug-likeness (QED) is 0.863. The third kappa shape index (κ3) is 2.09. The van der Waals surface area contributed by atoms with Crippen LogP contribution in [0.2, 0.25) is 0 Å². The van der Waals surface area contributed by atoms with Crippen LogP contribution in [0, 0.1) is 0 Å². The number of nitrogens with zero attached hydrogens (tertiary/aromatic N) is 1. The molecule has 2 nitrogen and oxygen atoms in total. The third-order valence-electron chi connectivity index (χ3n) is 2.58. The lowest BCUT2D eigenvalue weighted by molar-refractivity contribution is -0.0323. The first kappa shape index (κ1) is 9.16. The molecule has 2 rings (SSSR count). The SMILES string of the molecule is OC1(Cc2cncc(Br)c2)CCC1. The number of hydrogen-bond acceptors (Lipinski definition) is 2. The van der Waals surface area contributed by atoms with E-state index in [9.17, 15) is 5.11 Å². The molecule has 1 saturated carbocycles. The van der Waals surface area contributed by atoms with Crippen LogP contribution in [0.1, 0.15) is 24.8 Å². The van der Waals surface area contributed by atoms with Gasteiger partial charge in [0.25, 0.3) is 0 Å². The number of halogens is 1. The Labute approximate surface area is 86.1 Å². The highest BCUT2D eigenvalue weighted by atomic mass is 79.9. The van der Waals surface area contributed by atoms with E-state index in [0.29, 0.717) is 0 Å². The van der Waals surface area contributed by atoms with Gasteiger partial charge in [0.2, 0.25) is 0 Å². The highest BCUT2D eigenvalue weighted by Gasteiger charge is 2.34. The van der Waals surface area contributed by atoms with Crippen LogP contribution in [0.25, 0.3) is 0 Å². The standard InChI is InChI=1S/C10H12BrNO/c11-9-4-8(6-12-7-9)5-10(13)2-1-3-10/h4,6-7,13H,1-3,5H2. The zero-order chi connectivity index (χ0) is 9.31. The summed E-state index contributed by atoms with van der Waals surface area (Å²) in [5, 5.41) is 9.91. The summed E-state index contributed by atoms with van der Waals surface area (Å²) in [4.78, 5) is 4.07. The largest absolute Gasteiger partial charge is 0.390 e. The molecule has 1 aromatic heterocycles. The van der Waals surface area contributed by atoms with Gasteiger partial charge < -0.3 is 5.11 Å². The van der Waals surface area contributed by atoms with Gasteiger partial charge in [0.05, 0.1) is 5.60 Å². The molecule has 70 valence electrons. The molecule has 1 aliphatic rings. The lowest BCUT2D eigenvalue weighted by Gasteiger charge is -2.36. The summed E-state index contributed by atoms with van der Waals surface area (Å²) in [5.74, 6) is 0. The minimum absolute atomic E-state index is 0.442. The number of rotatable bonds is 2. The average Bonchev–Trinajstić information content (AvgIpc) is 2.01. The van der Waals surface area contributed by atoms with Crippen LogP contribution in [0.3, 0.4) is 0 Å². The highest BCUT2D eigenvalue weighted by molar-refractivity contribution is 9.10. The van der Waals surface area contributed by atoms with Crippen molar-refractivity contribution in [1.29, 1.82) is 0 Å². The van der Waals surface area contributed by atoms with Crippen molar-refractivity contribution < 1.29 is 5.11 Å². The van der Waals surface area contributed by atoms with Gasteiger partial charge in [0, 0.05) is 23.3 Å². The second-order valence-corrected chi connectivity index (χ2v) is 4.68. The van der Waals surface area contributed by atoms with Gasteiger partial charge in [-0.25, -0.2) is 0 Å². The predicted molar refractivity (Wildman–Crippen MR) is 54.4 cm³/mol. The molecule has 0 amide bonds. The van der Waals surface area contributed by atoms with E-state index < -0.39 is 5.60 Å². The summed E-state index contributed by atoms with van der Waals surface area (Å²) in [6.45, 7) is 0. The van der Waals surface area contributed by atoms with Gasteiger partial charge in [-0.3, -0.25) is 4.98 Å². The Kier molecular flexibility index (Phi) is 2.39. The molecule has 0 radical (unpaired) electrons. The van der Waals surface area contributed by atoms with E-state index in [2.05, 4.69) is 20.9 Å². The van der Waals surface area contributed by atoms with E-state index in [1.165, 1.54) is 0 Å². The summed E-state index contributed by atoms with van der Waals surface area (Å²) >= 11 is 3.37. The van der Waals surface area contributed by atoms with Gasteiger partial charge in [0.15, 0.2) is 0 Å². The number of aromatic nitrogens is 1. The lowest BCUT2D eigenvalue weighted by atomic mass is 9.76. The fourth-order valence-corrected chi connectivity index (χ4v) is 2.11. The Hall–Kier alpha value is -0.410. The molecule has 0 aromatic carbocycles. The Bertz CT molecular complexity index is 310. The summed E-state index contributed by atoms with van der Waals surface area (Å²) in [5.41, 5.74) is 0.666. The molecule has 3 heteroatoms. The van der Waals surface area contributed by atoms with Crippen LogP contribution >= 0.6 is 15.9 Å². The molecule has 1 aromatic rings. The van der Waals surface area contributed by atoms with Crippen molar-refractivity contribution in [1.82, 2.24) is 4.98 Å². The van der Waals surface area contributed by atoms with Crippen molar-refractivity contribution in [3.8, 4) is 0 Å². The van der Waals surface area contributed by atoms with Crippen molar-refractivity contribution in [2.45, 2.75) is 31.3 Å². The molecular weight excluding hydrogens is 230 g/mol. The minimum Gasteiger partial charge on any atom is -0.390 e. The number of pyridine rings is 1. The van der Waals surface area contributed by atoms with Crippen LogP contribution in [-0.4, -0.2) is 15.7 Å². The molecule has 1 fully saturated rings.